The molecule has 0 saturated heterocycles. The van der Waals surface area contributed by atoms with Gasteiger partial charge in [-0.25, -0.2) is 4.98 Å². The molecule has 16 heavy (non-hydrogen) atoms. The van der Waals surface area contributed by atoms with Crippen LogP contribution in [0.4, 0.5) is 17.2 Å². The van der Waals surface area contributed by atoms with Gasteiger partial charge in [-0.3, -0.25) is 0 Å². The smallest absolute Gasteiger partial charge is 0.125 e. The summed E-state index contributed by atoms with van der Waals surface area (Å²) in [7, 11) is 0. The van der Waals surface area contributed by atoms with Crippen molar-refractivity contribution < 1.29 is 0 Å². The minimum Gasteiger partial charge on any atom is -0.384 e. The summed E-state index contributed by atoms with van der Waals surface area (Å²) in [4.78, 5) is 3.95. The normalized spacial score (nSPS) is 10.1. The van der Waals surface area contributed by atoms with Crippen LogP contribution in [0.25, 0.3) is 0 Å². The number of nitrogens with two attached hydrogens (primary N) is 1. The Hall–Kier alpha value is -1.55. The molecule has 1 aromatic carbocycles. The Labute approximate surface area is 103 Å². The van der Waals surface area contributed by atoms with Gasteiger partial charge in [-0.2, -0.15) is 0 Å². The van der Waals surface area contributed by atoms with Crippen LogP contribution in [0, 0.1) is 6.92 Å². The van der Waals surface area contributed by atoms with Crippen LogP contribution in [-0.2, 0) is 0 Å². The highest BCUT2D eigenvalue weighted by Gasteiger charge is 2.02. The number of nitrogen functional groups attached to an aromatic ring is 1. The fourth-order valence-corrected chi connectivity index (χ4v) is 1.79. The van der Waals surface area contributed by atoms with E-state index in [0.717, 1.165) is 21.4 Å². The van der Waals surface area contributed by atoms with E-state index in [0.29, 0.717) is 5.82 Å². The largest absolute Gasteiger partial charge is 0.384 e. The number of halogens is 1. The van der Waals surface area contributed by atoms with Gasteiger partial charge in [-0.1, -0.05) is 22.0 Å². The molecule has 0 atom stereocenters. The predicted octanol–water partition coefficient (Wildman–Crippen LogP) is 3.48. The zero-order valence-electron chi connectivity index (χ0n) is 8.87. The molecule has 0 amide bonds. The number of nitrogens with one attached hydrogen (secondary N) is 1. The number of pyridine rings is 1. The van der Waals surface area contributed by atoms with E-state index in [4.69, 9.17) is 5.73 Å². The second-order valence-electron chi connectivity index (χ2n) is 3.51. The van der Waals surface area contributed by atoms with Crippen molar-refractivity contribution in [2.75, 3.05) is 11.1 Å². The molecular formula is C12H12BrN3. The molecule has 1 aromatic heterocycles. The molecule has 0 bridgehead atoms. The van der Waals surface area contributed by atoms with Crippen molar-refractivity contribution in [2.45, 2.75) is 6.92 Å². The Morgan fingerprint density at radius 1 is 1.31 bits per heavy atom. The summed E-state index contributed by atoms with van der Waals surface area (Å²) >= 11 is 3.50. The van der Waals surface area contributed by atoms with E-state index in [2.05, 4.69) is 33.2 Å². The summed E-state index contributed by atoms with van der Waals surface area (Å²) in [5, 5.41) is 3.30. The maximum atomic E-state index is 5.62. The number of benzene rings is 1. The summed E-state index contributed by atoms with van der Waals surface area (Å²) in [5.41, 5.74) is 8.78. The van der Waals surface area contributed by atoms with E-state index in [1.54, 1.807) is 12.3 Å². The Kier molecular flexibility index (Phi) is 3.10. The van der Waals surface area contributed by atoms with Crippen LogP contribution in [0.3, 0.4) is 0 Å². The SMILES string of the molecule is Cc1c(Br)cccc1Nc1ccnc(N)c1. The maximum Gasteiger partial charge on any atom is 0.125 e. The van der Waals surface area contributed by atoms with Crippen molar-refractivity contribution in [1.82, 2.24) is 4.98 Å². The van der Waals surface area contributed by atoms with Crippen molar-refractivity contribution >= 4 is 33.1 Å². The van der Waals surface area contributed by atoms with Crippen molar-refractivity contribution in [1.29, 1.82) is 0 Å². The molecule has 0 aliphatic rings. The number of rotatable bonds is 2. The van der Waals surface area contributed by atoms with E-state index in [-0.39, 0.29) is 0 Å². The number of hydrogen-bond acceptors (Lipinski definition) is 3. The monoisotopic (exact) mass is 277 g/mol. The first-order chi connectivity index (χ1) is 7.66. The molecule has 82 valence electrons. The topological polar surface area (TPSA) is 50.9 Å². The molecule has 2 aromatic rings. The highest BCUT2D eigenvalue weighted by molar-refractivity contribution is 9.10. The molecule has 0 radical (unpaired) electrons. The lowest BCUT2D eigenvalue weighted by molar-refractivity contribution is 1.32. The number of aromatic nitrogens is 1. The molecule has 0 spiro atoms. The summed E-state index contributed by atoms with van der Waals surface area (Å²) in [5.74, 6) is 0.512. The Balaban J connectivity index is 2.31. The van der Waals surface area contributed by atoms with Crippen LogP contribution in [0.1, 0.15) is 5.56 Å². The molecule has 1 heterocycles. The zero-order valence-corrected chi connectivity index (χ0v) is 10.5. The van der Waals surface area contributed by atoms with Gasteiger partial charge in [0.1, 0.15) is 5.82 Å². The predicted molar refractivity (Wildman–Crippen MR) is 70.8 cm³/mol. The average Bonchev–Trinajstić information content (AvgIpc) is 2.25. The molecule has 0 fully saturated rings. The molecule has 3 N–H and O–H groups in total. The van der Waals surface area contributed by atoms with Gasteiger partial charge in [0.05, 0.1) is 0 Å². The van der Waals surface area contributed by atoms with Crippen LogP contribution < -0.4 is 11.1 Å². The standard InChI is InChI=1S/C12H12BrN3/c1-8-10(13)3-2-4-11(8)16-9-5-6-15-12(14)7-9/h2-7H,1H3,(H3,14,15,16). The van der Waals surface area contributed by atoms with Crippen LogP contribution >= 0.6 is 15.9 Å². The van der Waals surface area contributed by atoms with E-state index >= 15 is 0 Å². The van der Waals surface area contributed by atoms with E-state index in [9.17, 15) is 0 Å². The van der Waals surface area contributed by atoms with Crippen LogP contribution in [0.2, 0.25) is 0 Å². The molecular weight excluding hydrogens is 266 g/mol. The van der Waals surface area contributed by atoms with Crippen molar-refractivity contribution in [3.63, 3.8) is 0 Å². The van der Waals surface area contributed by atoms with Gasteiger partial charge < -0.3 is 11.1 Å². The van der Waals surface area contributed by atoms with Crippen molar-refractivity contribution in [2.24, 2.45) is 0 Å². The number of nitrogens with zero attached hydrogens (tertiary/aromatic N) is 1. The lowest BCUT2D eigenvalue weighted by Gasteiger charge is -2.10. The third-order valence-electron chi connectivity index (χ3n) is 2.33. The summed E-state index contributed by atoms with van der Waals surface area (Å²) < 4.78 is 1.08. The van der Waals surface area contributed by atoms with Crippen molar-refractivity contribution in [3.8, 4) is 0 Å². The van der Waals surface area contributed by atoms with Crippen LogP contribution in [-0.4, -0.2) is 4.98 Å². The third kappa shape index (κ3) is 2.33. The van der Waals surface area contributed by atoms with Crippen LogP contribution in [0.5, 0.6) is 0 Å². The van der Waals surface area contributed by atoms with Crippen LogP contribution in [0.15, 0.2) is 41.0 Å². The molecule has 4 heteroatoms. The van der Waals surface area contributed by atoms with Gasteiger partial charge in [0.25, 0.3) is 0 Å². The summed E-state index contributed by atoms with van der Waals surface area (Å²) in [6.45, 7) is 2.05. The summed E-state index contributed by atoms with van der Waals surface area (Å²) in [6, 6.07) is 9.72. The van der Waals surface area contributed by atoms with E-state index in [1.807, 2.05) is 24.3 Å². The Bertz CT molecular complexity index is 511. The van der Waals surface area contributed by atoms with Gasteiger partial charge in [0, 0.05) is 28.1 Å². The van der Waals surface area contributed by atoms with E-state index < -0.39 is 0 Å². The van der Waals surface area contributed by atoms with Gasteiger partial charge in [0.15, 0.2) is 0 Å². The molecule has 3 nitrogen and oxygen atoms in total. The first-order valence-corrected chi connectivity index (χ1v) is 5.70. The number of hydrogen-bond donors (Lipinski definition) is 2. The molecule has 0 aliphatic heterocycles. The first-order valence-electron chi connectivity index (χ1n) is 4.90. The molecule has 2 rings (SSSR count). The van der Waals surface area contributed by atoms with Gasteiger partial charge >= 0.3 is 0 Å². The van der Waals surface area contributed by atoms with Gasteiger partial charge in [-0.15, -0.1) is 0 Å². The van der Waals surface area contributed by atoms with Gasteiger partial charge in [0.2, 0.25) is 0 Å². The van der Waals surface area contributed by atoms with Crippen molar-refractivity contribution in [3.05, 3.63) is 46.6 Å². The van der Waals surface area contributed by atoms with Gasteiger partial charge in [-0.05, 0) is 30.7 Å². The van der Waals surface area contributed by atoms with E-state index in [1.165, 1.54) is 0 Å². The average molecular weight is 278 g/mol. The minimum absolute atomic E-state index is 0.512. The fraction of sp³-hybridized carbons (Fsp3) is 0.0833. The summed E-state index contributed by atoms with van der Waals surface area (Å²) in [6.07, 6.45) is 1.69. The Morgan fingerprint density at radius 2 is 2.12 bits per heavy atom. The molecule has 0 unspecified atom stereocenters. The maximum absolute atomic E-state index is 5.62. The minimum atomic E-state index is 0.512. The lowest BCUT2D eigenvalue weighted by atomic mass is 10.2. The first kappa shape index (κ1) is 11.0. The lowest BCUT2D eigenvalue weighted by Crippen LogP contribution is -1.96. The molecule has 0 aliphatic carbocycles. The highest BCUT2D eigenvalue weighted by atomic mass is 79.9. The zero-order chi connectivity index (χ0) is 11.5. The quantitative estimate of drug-likeness (QED) is 0.884. The second kappa shape index (κ2) is 4.53. The molecule has 0 saturated carbocycles. The Morgan fingerprint density at radius 3 is 2.88 bits per heavy atom. The third-order valence-corrected chi connectivity index (χ3v) is 3.19. The second-order valence-corrected chi connectivity index (χ2v) is 4.36. The fourth-order valence-electron chi connectivity index (χ4n) is 1.42. The number of anilines is 3. The highest BCUT2D eigenvalue weighted by Crippen LogP contribution is 2.26.